The molecule has 7 amide bonds. The number of aromatic nitrogens is 2. The molecule has 0 bridgehead atoms. The number of hydrogen-bond acceptors (Lipinski definition) is 13. The van der Waals surface area contributed by atoms with Crippen LogP contribution in [0, 0.1) is 11.3 Å². The van der Waals surface area contributed by atoms with Crippen molar-refractivity contribution in [3.63, 3.8) is 0 Å². The number of carbonyl (C=O) groups excluding carboxylic acids is 6. The molecule has 3 aliphatic rings. The summed E-state index contributed by atoms with van der Waals surface area (Å²) in [5.41, 5.74) is 4.17. The molecular weight excluding hydrogens is 883 g/mol. The summed E-state index contributed by atoms with van der Waals surface area (Å²) >= 11 is 0. The van der Waals surface area contributed by atoms with Gasteiger partial charge in [0.2, 0.25) is 17.7 Å². The highest BCUT2D eigenvalue weighted by Crippen LogP contribution is 2.34. The second-order valence-corrected chi connectivity index (χ2v) is 16.7. The van der Waals surface area contributed by atoms with E-state index in [0.29, 0.717) is 44.2 Å². The number of benzene rings is 3. The van der Waals surface area contributed by atoms with Gasteiger partial charge in [-0.25, -0.2) is 14.8 Å². The van der Waals surface area contributed by atoms with Gasteiger partial charge in [0.25, 0.3) is 17.7 Å². The van der Waals surface area contributed by atoms with Gasteiger partial charge in [0, 0.05) is 67.9 Å². The predicted octanol–water partition coefficient (Wildman–Crippen LogP) is 5.54. The van der Waals surface area contributed by atoms with Crippen LogP contribution in [0.25, 0.3) is 11.1 Å². The van der Waals surface area contributed by atoms with Gasteiger partial charge in [-0.05, 0) is 92.1 Å². The van der Waals surface area contributed by atoms with Crippen molar-refractivity contribution in [1.82, 2.24) is 30.8 Å². The van der Waals surface area contributed by atoms with Gasteiger partial charge in [0.1, 0.15) is 30.3 Å². The number of rotatable bonds is 19. The van der Waals surface area contributed by atoms with Crippen molar-refractivity contribution in [2.45, 2.75) is 69.6 Å². The third kappa shape index (κ3) is 11.9. The van der Waals surface area contributed by atoms with Gasteiger partial charge >= 0.3 is 6.03 Å². The Bertz CT molecular complexity index is 2690. The normalized spacial score (nSPS) is 17.6. The van der Waals surface area contributed by atoms with Crippen LogP contribution in [0.5, 0.6) is 11.6 Å². The molecule has 4 heterocycles. The van der Waals surface area contributed by atoms with E-state index in [4.69, 9.17) is 19.5 Å². The minimum Gasteiger partial charge on any atom is -0.483 e. The third-order valence-corrected chi connectivity index (χ3v) is 12.1. The number of piperidine rings is 1. The minimum atomic E-state index is -1.11. The zero-order valence-electron chi connectivity index (χ0n) is 37.7. The van der Waals surface area contributed by atoms with Crippen molar-refractivity contribution < 1.29 is 43.0 Å². The van der Waals surface area contributed by atoms with Gasteiger partial charge in [-0.15, -0.1) is 0 Å². The Morgan fingerprint density at radius 2 is 1.58 bits per heavy atom. The quantitative estimate of drug-likeness (QED) is 0.0589. The van der Waals surface area contributed by atoms with E-state index in [2.05, 4.69) is 37.3 Å². The first-order valence-electron chi connectivity index (χ1n) is 22.9. The maximum atomic E-state index is 13.9. The Morgan fingerprint density at radius 1 is 0.783 bits per heavy atom. The van der Waals surface area contributed by atoms with Crippen molar-refractivity contribution in [2.75, 3.05) is 43.2 Å². The summed E-state index contributed by atoms with van der Waals surface area (Å²) in [7, 11) is 0. The Balaban J connectivity index is 0.752. The molecule has 1 saturated heterocycles. The molecule has 18 nitrogen and oxygen atoms in total. The summed E-state index contributed by atoms with van der Waals surface area (Å²) in [6.07, 6.45) is 7.14. The molecule has 1 atom stereocenters. The fraction of sp³-hybridized carbons (Fsp3) is 0.314. The maximum Gasteiger partial charge on any atom is 0.322 e. The van der Waals surface area contributed by atoms with E-state index < -0.39 is 42.2 Å². The Labute approximate surface area is 398 Å². The molecule has 1 unspecified atom stereocenters. The molecule has 2 aromatic heterocycles. The van der Waals surface area contributed by atoms with Gasteiger partial charge in [0.05, 0.1) is 23.3 Å². The van der Waals surface area contributed by atoms with E-state index in [9.17, 15) is 28.8 Å². The SMILES string of the molecule is N#Cc1ccc(N[C@H]2CC[C@H](N(C(=O)NCc3ccccc3)c3ccc(-c4ccc(OCCOCCCNC(=O)COc5cccc6c5C(=O)N(C5CCC(=O)NC5=O)C6=O)nc4)cc3)CC2)nc1. The number of nitrogens with one attached hydrogen (secondary N) is 4. The van der Waals surface area contributed by atoms with Gasteiger partial charge in [-0.2, -0.15) is 5.26 Å². The molecule has 2 aliphatic heterocycles. The summed E-state index contributed by atoms with van der Waals surface area (Å²) < 4.78 is 17.1. The van der Waals surface area contributed by atoms with E-state index in [-0.39, 0.29) is 54.4 Å². The van der Waals surface area contributed by atoms with Crippen LogP contribution < -0.4 is 35.6 Å². The van der Waals surface area contributed by atoms with Crippen molar-refractivity contribution >= 4 is 47.1 Å². The van der Waals surface area contributed by atoms with Crippen LogP contribution in [0.15, 0.2) is 109 Å². The third-order valence-electron chi connectivity index (χ3n) is 12.1. The van der Waals surface area contributed by atoms with Crippen LogP contribution in [-0.2, 0) is 25.7 Å². The highest BCUT2D eigenvalue weighted by molar-refractivity contribution is 6.24. The molecule has 0 radical (unpaired) electrons. The van der Waals surface area contributed by atoms with E-state index in [0.717, 1.165) is 58.8 Å². The highest BCUT2D eigenvalue weighted by atomic mass is 16.5. The summed E-state index contributed by atoms with van der Waals surface area (Å²) in [6, 6.07) is 30.5. The van der Waals surface area contributed by atoms with E-state index in [1.165, 1.54) is 18.2 Å². The number of imide groups is 2. The number of nitriles is 1. The fourth-order valence-electron chi connectivity index (χ4n) is 8.54. The summed E-state index contributed by atoms with van der Waals surface area (Å²) in [6.45, 7) is 1.22. The van der Waals surface area contributed by atoms with E-state index in [1.807, 2.05) is 71.6 Å². The summed E-state index contributed by atoms with van der Waals surface area (Å²) in [5.74, 6) is -1.79. The molecule has 69 heavy (non-hydrogen) atoms. The molecule has 18 heteroatoms. The lowest BCUT2D eigenvalue weighted by atomic mass is 9.89. The summed E-state index contributed by atoms with van der Waals surface area (Å²) in [5, 5.41) is 20.6. The lowest BCUT2D eigenvalue weighted by Gasteiger charge is -2.37. The minimum absolute atomic E-state index is 0.00352. The van der Waals surface area contributed by atoms with Crippen LogP contribution in [0.4, 0.5) is 16.3 Å². The van der Waals surface area contributed by atoms with Crippen molar-refractivity contribution in [3.8, 4) is 28.8 Å². The molecule has 0 spiro atoms. The van der Waals surface area contributed by atoms with Crippen LogP contribution in [0.2, 0.25) is 0 Å². The number of anilines is 2. The Morgan fingerprint density at radius 3 is 2.30 bits per heavy atom. The Kier molecular flexibility index (Phi) is 15.5. The molecule has 5 aromatic rings. The van der Waals surface area contributed by atoms with Crippen LogP contribution in [0.3, 0.4) is 0 Å². The zero-order valence-corrected chi connectivity index (χ0v) is 37.7. The van der Waals surface area contributed by atoms with Gasteiger partial charge in [-0.3, -0.25) is 39.1 Å². The number of carbonyl (C=O) groups is 6. The summed E-state index contributed by atoms with van der Waals surface area (Å²) in [4.78, 5) is 88.3. The number of nitrogens with zero attached hydrogens (tertiary/aromatic N) is 5. The van der Waals surface area contributed by atoms with Gasteiger partial charge in [-0.1, -0.05) is 48.5 Å². The largest absolute Gasteiger partial charge is 0.483 e. The number of hydrogen-bond donors (Lipinski definition) is 4. The van der Waals surface area contributed by atoms with Crippen molar-refractivity contribution in [2.24, 2.45) is 0 Å². The van der Waals surface area contributed by atoms with Crippen LogP contribution in [0.1, 0.15) is 76.8 Å². The zero-order chi connectivity index (χ0) is 48.1. The molecular formula is C51H51N9O9. The number of fused-ring (bicyclic) bond motifs is 1. The van der Waals surface area contributed by atoms with Gasteiger partial charge < -0.3 is 30.2 Å². The second kappa shape index (κ2) is 22.5. The molecule has 354 valence electrons. The number of urea groups is 1. The van der Waals surface area contributed by atoms with E-state index in [1.54, 1.807) is 24.5 Å². The molecule has 1 saturated carbocycles. The van der Waals surface area contributed by atoms with Crippen LogP contribution in [-0.4, -0.2) is 102 Å². The number of ether oxygens (including phenoxy) is 3. The molecule has 2 fully saturated rings. The topological polar surface area (TPSA) is 234 Å². The lowest BCUT2D eigenvalue weighted by molar-refractivity contribution is -0.136. The average Bonchev–Trinajstić information content (AvgIpc) is 3.63. The van der Waals surface area contributed by atoms with Crippen molar-refractivity contribution in [3.05, 3.63) is 132 Å². The average molecular weight is 934 g/mol. The standard InChI is InChI=1S/C51H51N9O9/c52-28-34-10-21-43(54-30-34)57-37-14-18-39(19-15-37)59(51(66)56-29-33-6-2-1-3-7-33)38-16-11-35(12-17-38)36-13-23-46(55-31-36)68-27-26-67-25-5-24-53-45(62)32-69-42-9-4-8-40-47(42)50(65)60(49(40)64)41-20-22-44(61)58-48(41)63/h1-4,6-13,16-17,21,23,30-31,37,39,41H,5,14-15,18-20,22,24-27,29,32H2,(H,53,62)(H,54,57)(H,56,66)(H,58,61,63)/t37-,39-,41?. The first kappa shape index (κ1) is 47.3. The molecule has 4 N–H and O–H groups in total. The first-order chi connectivity index (χ1) is 33.6. The van der Waals surface area contributed by atoms with Gasteiger partial charge in [0.15, 0.2) is 6.61 Å². The molecule has 3 aromatic carbocycles. The lowest BCUT2D eigenvalue weighted by Crippen LogP contribution is -2.54. The highest BCUT2D eigenvalue weighted by Gasteiger charge is 2.46. The second-order valence-electron chi connectivity index (χ2n) is 16.7. The maximum absolute atomic E-state index is 13.9. The predicted molar refractivity (Wildman–Crippen MR) is 252 cm³/mol. The number of pyridine rings is 2. The molecule has 8 rings (SSSR count). The fourth-order valence-corrected chi connectivity index (χ4v) is 8.54. The monoisotopic (exact) mass is 933 g/mol. The van der Waals surface area contributed by atoms with Crippen molar-refractivity contribution in [1.29, 1.82) is 5.26 Å². The van der Waals surface area contributed by atoms with E-state index >= 15 is 0 Å². The molecule has 1 aliphatic carbocycles. The van der Waals surface area contributed by atoms with Crippen LogP contribution >= 0.6 is 0 Å². The smallest absolute Gasteiger partial charge is 0.322 e. The Hall–Kier alpha value is -8.17. The first-order valence-corrected chi connectivity index (χ1v) is 22.9. The number of amides is 7.